The smallest absolute Gasteiger partial charge is 0.222 e. The molecule has 2 aromatic rings. The summed E-state index contributed by atoms with van der Waals surface area (Å²) in [6, 6.07) is 11.7. The van der Waals surface area contributed by atoms with Gasteiger partial charge in [0.15, 0.2) is 0 Å². The van der Waals surface area contributed by atoms with Crippen LogP contribution in [0.15, 0.2) is 42.5 Å². The molecule has 3 N–H and O–H groups in total. The molecule has 2 aromatic carbocycles. The van der Waals surface area contributed by atoms with Crippen LogP contribution in [0.25, 0.3) is 0 Å². The maximum absolute atomic E-state index is 14.5. The van der Waals surface area contributed by atoms with Crippen molar-refractivity contribution in [1.82, 2.24) is 15.5 Å². The van der Waals surface area contributed by atoms with E-state index in [9.17, 15) is 19.1 Å². The Bertz CT molecular complexity index is 1240. The Labute approximate surface area is 242 Å². The molecule has 7 nitrogen and oxygen atoms in total. The number of rotatable bonds is 7. The monoisotopic (exact) mass is 563 g/mol. The third-order valence-corrected chi connectivity index (χ3v) is 7.91. The van der Waals surface area contributed by atoms with Gasteiger partial charge in [-0.3, -0.25) is 9.59 Å². The van der Waals surface area contributed by atoms with Gasteiger partial charge in [-0.1, -0.05) is 25.0 Å². The van der Waals surface area contributed by atoms with Gasteiger partial charge in [-0.2, -0.15) is 0 Å². The molecule has 1 heterocycles. The molecular formula is C33H42FN3O4. The van der Waals surface area contributed by atoms with Crippen LogP contribution in [0, 0.1) is 18.2 Å². The number of aliphatic hydroxyl groups excluding tert-OH is 1. The molecule has 4 rings (SSSR count). The maximum Gasteiger partial charge on any atom is 0.222 e. The molecule has 1 saturated carbocycles. The second-order valence-corrected chi connectivity index (χ2v) is 11.2. The minimum absolute atomic E-state index is 0.0445. The number of hydrogen-bond donors (Lipinski definition) is 3. The normalized spacial score (nSPS) is 20.7. The zero-order valence-electron chi connectivity index (χ0n) is 24.0. The van der Waals surface area contributed by atoms with E-state index in [1.54, 1.807) is 6.07 Å². The molecule has 2 unspecified atom stereocenters. The first-order valence-electron chi connectivity index (χ1n) is 14.8. The average molecular weight is 564 g/mol. The number of terminal acetylenes is 1. The first kappa shape index (κ1) is 30.5. The number of carbonyl (C=O) groups excluding carboxylic acids is 2. The average Bonchev–Trinajstić information content (AvgIpc) is 3.75. The van der Waals surface area contributed by atoms with Gasteiger partial charge in [0, 0.05) is 49.6 Å². The molecule has 0 aromatic heterocycles. The molecule has 1 fully saturated rings. The van der Waals surface area contributed by atoms with Gasteiger partial charge >= 0.3 is 0 Å². The fraction of sp³-hybridized carbons (Fsp3) is 0.515. The third-order valence-electron chi connectivity index (χ3n) is 7.91. The van der Waals surface area contributed by atoms with Gasteiger partial charge in [0.05, 0.1) is 18.8 Å². The second kappa shape index (κ2) is 14.5. The van der Waals surface area contributed by atoms with E-state index in [0.717, 1.165) is 43.2 Å². The fourth-order valence-electron chi connectivity index (χ4n) is 5.46. The maximum atomic E-state index is 14.5. The minimum Gasteiger partial charge on any atom is -0.493 e. The van der Waals surface area contributed by atoms with Crippen LogP contribution in [0.5, 0.6) is 5.75 Å². The zero-order chi connectivity index (χ0) is 29.2. The summed E-state index contributed by atoms with van der Waals surface area (Å²) in [7, 11) is 0. The van der Waals surface area contributed by atoms with Crippen molar-refractivity contribution in [1.29, 1.82) is 0 Å². The number of benzene rings is 2. The van der Waals surface area contributed by atoms with Gasteiger partial charge in [-0.05, 0) is 80.3 Å². The van der Waals surface area contributed by atoms with E-state index in [2.05, 4.69) is 16.6 Å². The Morgan fingerprint density at radius 2 is 2.02 bits per heavy atom. The van der Waals surface area contributed by atoms with Gasteiger partial charge in [0.2, 0.25) is 11.8 Å². The molecule has 8 heteroatoms. The summed E-state index contributed by atoms with van der Waals surface area (Å²) < 4.78 is 20.4. The highest BCUT2D eigenvalue weighted by Gasteiger charge is 2.44. The number of nitrogens with one attached hydrogen (secondary N) is 2. The second-order valence-electron chi connectivity index (χ2n) is 11.2. The number of halogens is 1. The van der Waals surface area contributed by atoms with Gasteiger partial charge in [-0.15, -0.1) is 6.42 Å². The summed E-state index contributed by atoms with van der Waals surface area (Å²) in [5.74, 6) is 2.45. The van der Waals surface area contributed by atoms with Crippen LogP contribution in [0.3, 0.4) is 0 Å². The van der Waals surface area contributed by atoms with Crippen molar-refractivity contribution in [2.75, 3.05) is 26.2 Å². The van der Waals surface area contributed by atoms with Gasteiger partial charge in [0.25, 0.3) is 0 Å². The topological polar surface area (TPSA) is 90.9 Å². The molecule has 2 aliphatic rings. The number of amides is 2. The highest BCUT2D eigenvalue weighted by atomic mass is 19.1. The SMILES string of the molecule is C#Cc1cccc(C2(NCC(O)C3Cc4cc(F)cc(c4)OCCCCN(CCC)C(=O)CCCC(=O)N3)CC2)c1. The van der Waals surface area contributed by atoms with E-state index in [1.807, 2.05) is 36.1 Å². The van der Waals surface area contributed by atoms with E-state index < -0.39 is 18.0 Å². The fourth-order valence-corrected chi connectivity index (χ4v) is 5.46. The number of fused-ring (bicyclic) bond motifs is 2. The van der Waals surface area contributed by atoms with Crippen molar-refractivity contribution in [3.05, 3.63) is 65.0 Å². The zero-order valence-corrected chi connectivity index (χ0v) is 24.0. The van der Waals surface area contributed by atoms with Crippen LogP contribution in [-0.2, 0) is 21.5 Å². The largest absolute Gasteiger partial charge is 0.493 e. The first-order valence-corrected chi connectivity index (χ1v) is 14.8. The molecule has 41 heavy (non-hydrogen) atoms. The highest BCUT2D eigenvalue weighted by Crippen LogP contribution is 2.45. The van der Waals surface area contributed by atoms with E-state index in [4.69, 9.17) is 11.2 Å². The molecule has 0 spiro atoms. The van der Waals surface area contributed by atoms with Crippen molar-refractivity contribution in [3.8, 4) is 18.1 Å². The molecular weight excluding hydrogens is 521 g/mol. The van der Waals surface area contributed by atoms with Gasteiger partial charge in [0.1, 0.15) is 11.6 Å². The summed E-state index contributed by atoms with van der Waals surface area (Å²) in [5.41, 5.74) is 2.24. The minimum atomic E-state index is -0.941. The molecule has 2 amide bonds. The third kappa shape index (κ3) is 8.79. The molecule has 0 saturated heterocycles. The number of carbonyl (C=O) groups is 2. The Morgan fingerprint density at radius 1 is 1.20 bits per heavy atom. The lowest BCUT2D eigenvalue weighted by Gasteiger charge is -2.27. The number of aliphatic hydroxyl groups is 1. The van der Waals surface area contributed by atoms with Crippen LogP contribution < -0.4 is 15.4 Å². The summed E-state index contributed by atoms with van der Waals surface area (Å²) >= 11 is 0. The Balaban J connectivity index is 1.48. The number of hydrogen-bond acceptors (Lipinski definition) is 5. The Morgan fingerprint density at radius 3 is 2.78 bits per heavy atom. The Kier molecular flexibility index (Phi) is 10.8. The highest BCUT2D eigenvalue weighted by molar-refractivity contribution is 5.79. The Hall–Kier alpha value is -3.41. The lowest BCUT2D eigenvalue weighted by molar-refractivity contribution is -0.131. The predicted molar refractivity (Wildman–Crippen MR) is 157 cm³/mol. The van der Waals surface area contributed by atoms with Crippen LogP contribution in [-0.4, -0.2) is 60.2 Å². The van der Waals surface area contributed by atoms with Crippen LogP contribution >= 0.6 is 0 Å². The van der Waals surface area contributed by atoms with E-state index >= 15 is 0 Å². The number of nitrogens with zero attached hydrogens (tertiary/aromatic N) is 1. The quantitative estimate of drug-likeness (QED) is 0.442. The van der Waals surface area contributed by atoms with Crippen molar-refractivity contribution >= 4 is 11.8 Å². The van der Waals surface area contributed by atoms with E-state index in [-0.39, 0.29) is 36.7 Å². The van der Waals surface area contributed by atoms with Crippen LogP contribution in [0.4, 0.5) is 4.39 Å². The van der Waals surface area contributed by atoms with Crippen molar-refractivity contribution in [3.63, 3.8) is 0 Å². The van der Waals surface area contributed by atoms with Crippen LogP contribution in [0.1, 0.15) is 75.0 Å². The molecule has 1 aliphatic heterocycles. The lowest BCUT2D eigenvalue weighted by atomic mass is 9.98. The standard InChI is InChI=1S/C33H42FN3O4/c1-3-15-37-16-5-6-17-41-28-20-25(19-27(34)22-28)21-29(36-31(39)11-8-12-32(37)40)30(38)23-35-33(13-14-33)26-10-7-9-24(4-2)18-26/h2,7,9-10,18-20,22,29-30,35,38H,3,5-6,8,11-17,21,23H2,1H3,(H,36,39). The molecule has 2 bridgehead atoms. The predicted octanol–water partition coefficient (Wildman–Crippen LogP) is 4.06. The van der Waals surface area contributed by atoms with Crippen molar-refractivity contribution in [2.45, 2.75) is 82.4 Å². The van der Waals surface area contributed by atoms with Gasteiger partial charge < -0.3 is 25.4 Å². The summed E-state index contributed by atoms with van der Waals surface area (Å²) in [6.07, 6.45) is 9.97. The summed E-state index contributed by atoms with van der Waals surface area (Å²) in [6.45, 7) is 3.98. The van der Waals surface area contributed by atoms with Crippen molar-refractivity contribution in [2.24, 2.45) is 0 Å². The van der Waals surface area contributed by atoms with Gasteiger partial charge in [-0.25, -0.2) is 4.39 Å². The molecule has 2 atom stereocenters. The molecule has 0 radical (unpaired) electrons. The summed E-state index contributed by atoms with van der Waals surface area (Å²) in [5, 5.41) is 17.8. The molecule has 220 valence electrons. The van der Waals surface area contributed by atoms with E-state index in [0.29, 0.717) is 43.9 Å². The van der Waals surface area contributed by atoms with Crippen LogP contribution in [0.2, 0.25) is 0 Å². The van der Waals surface area contributed by atoms with Crippen molar-refractivity contribution < 1.29 is 23.8 Å². The lowest BCUT2D eigenvalue weighted by Crippen LogP contribution is -2.50. The molecule has 1 aliphatic carbocycles. The van der Waals surface area contributed by atoms with E-state index in [1.165, 1.54) is 12.1 Å². The number of ether oxygens (including phenoxy) is 1. The first-order chi connectivity index (χ1) is 19.8. The summed E-state index contributed by atoms with van der Waals surface area (Å²) in [4.78, 5) is 27.6.